The molecule has 3 atom stereocenters. The van der Waals surface area contributed by atoms with E-state index in [2.05, 4.69) is 116 Å². The second-order valence-corrected chi connectivity index (χ2v) is 20.7. The Hall–Kier alpha value is -2.84. The van der Waals surface area contributed by atoms with Crippen LogP contribution in [0, 0.1) is 0 Å². The van der Waals surface area contributed by atoms with Gasteiger partial charge in [0.25, 0.3) is 0 Å². The third kappa shape index (κ3) is 51.0. The van der Waals surface area contributed by atoms with E-state index < -0.39 is 20.0 Å². The number of phosphoric acid groups is 1. The number of aliphatic hydroxyl groups is 1. The number of nitrogens with one attached hydrogen (secondary N) is 1. The van der Waals surface area contributed by atoms with E-state index >= 15 is 0 Å². The Morgan fingerprint density at radius 2 is 0.897 bits per heavy atom. The van der Waals surface area contributed by atoms with E-state index in [1.165, 1.54) is 109 Å². The van der Waals surface area contributed by atoms with Crippen molar-refractivity contribution in [3.05, 3.63) is 109 Å². The van der Waals surface area contributed by atoms with Crippen molar-refractivity contribution >= 4 is 13.7 Å². The normalized spacial score (nSPS) is 14.9. The number of likely N-dealkylation sites (N-methyl/N-ethyl adjacent to an activating group) is 1. The van der Waals surface area contributed by atoms with Gasteiger partial charge in [0.1, 0.15) is 13.2 Å². The van der Waals surface area contributed by atoms with E-state index in [4.69, 9.17) is 9.05 Å². The predicted molar refractivity (Wildman–Crippen MR) is 295 cm³/mol. The van der Waals surface area contributed by atoms with E-state index in [1.54, 1.807) is 6.08 Å². The van der Waals surface area contributed by atoms with Crippen molar-refractivity contribution in [2.75, 3.05) is 40.9 Å². The summed E-state index contributed by atoms with van der Waals surface area (Å²) in [7, 11) is 1.50. The zero-order valence-corrected chi connectivity index (χ0v) is 45.2. The van der Waals surface area contributed by atoms with Gasteiger partial charge in [-0.2, -0.15) is 0 Å². The van der Waals surface area contributed by atoms with Crippen LogP contribution >= 0.6 is 7.82 Å². The van der Waals surface area contributed by atoms with Gasteiger partial charge in [-0.05, 0) is 83.5 Å². The first-order valence-corrected chi connectivity index (χ1v) is 28.8. The molecule has 0 aliphatic carbocycles. The molecule has 3 N–H and O–H groups in total. The van der Waals surface area contributed by atoms with Crippen molar-refractivity contribution < 1.29 is 32.9 Å². The fourth-order valence-electron chi connectivity index (χ4n) is 7.22. The number of rotatable bonds is 48. The number of nitrogens with zero attached hydrogens (tertiary/aromatic N) is 1. The van der Waals surface area contributed by atoms with Crippen molar-refractivity contribution in [3.63, 3.8) is 0 Å². The third-order valence-electron chi connectivity index (χ3n) is 11.5. The van der Waals surface area contributed by atoms with Gasteiger partial charge in [-0.25, -0.2) is 4.57 Å². The van der Waals surface area contributed by atoms with Gasteiger partial charge < -0.3 is 19.8 Å². The summed E-state index contributed by atoms with van der Waals surface area (Å²) in [6, 6.07) is -0.903. The highest BCUT2D eigenvalue weighted by molar-refractivity contribution is 7.47. The van der Waals surface area contributed by atoms with Crippen LogP contribution in [0.1, 0.15) is 206 Å². The Morgan fingerprint density at radius 1 is 0.515 bits per heavy atom. The number of hydrogen-bond acceptors (Lipinski definition) is 5. The Kier molecular flexibility index (Phi) is 47.1. The SMILES string of the molecule is CC/C=C\C/C=C\C/C=C\C/C=C\C/C=C\C/C=C\C/C=C\CCCC(=O)NC(COP(=O)(O)OCC[N+](C)(C)C)C(O)/C=C/CC/C=C/CCCCCCCCCCCCCCCCCCC. The zero-order valence-electron chi connectivity index (χ0n) is 44.3. The Labute approximate surface area is 419 Å². The number of quaternary nitrogens is 1. The summed E-state index contributed by atoms with van der Waals surface area (Å²) < 4.78 is 23.6. The van der Waals surface area contributed by atoms with Crippen LogP contribution in [0.2, 0.25) is 0 Å². The fraction of sp³-hybridized carbons (Fsp3) is 0.678. The molecule has 390 valence electrons. The minimum absolute atomic E-state index is 0.0391. The molecule has 0 heterocycles. The smallest absolute Gasteiger partial charge is 0.387 e. The molecule has 0 aliphatic rings. The summed E-state index contributed by atoms with van der Waals surface area (Å²) in [4.78, 5) is 23.2. The lowest BCUT2D eigenvalue weighted by atomic mass is 10.0. The van der Waals surface area contributed by atoms with Crippen LogP contribution < -0.4 is 5.32 Å². The summed E-state index contributed by atoms with van der Waals surface area (Å²) in [6.07, 6.45) is 71.9. The van der Waals surface area contributed by atoms with Crippen molar-refractivity contribution in [2.24, 2.45) is 0 Å². The first kappa shape index (κ1) is 65.2. The maximum absolute atomic E-state index is 12.9. The maximum Gasteiger partial charge on any atom is 0.472 e. The number of amides is 1. The number of phosphoric ester groups is 1. The molecule has 9 heteroatoms. The molecular weight excluding hydrogens is 864 g/mol. The van der Waals surface area contributed by atoms with Crippen LogP contribution in [0.3, 0.4) is 0 Å². The van der Waals surface area contributed by atoms with Gasteiger partial charge >= 0.3 is 7.82 Å². The molecule has 8 nitrogen and oxygen atoms in total. The van der Waals surface area contributed by atoms with E-state index in [-0.39, 0.29) is 25.5 Å². The predicted octanol–water partition coefficient (Wildman–Crippen LogP) is 16.4. The molecule has 0 rings (SSSR count). The molecule has 0 aromatic rings. The third-order valence-corrected chi connectivity index (χ3v) is 12.5. The molecule has 0 saturated carbocycles. The molecule has 0 spiro atoms. The van der Waals surface area contributed by atoms with E-state index in [0.717, 1.165) is 70.6 Å². The lowest BCUT2D eigenvalue weighted by Crippen LogP contribution is -2.45. The van der Waals surface area contributed by atoms with Crippen LogP contribution in [0.5, 0.6) is 0 Å². The Morgan fingerprint density at radius 3 is 1.35 bits per heavy atom. The number of carbonyl (C=O) groups excluding carboxylic acids is 1. The number of unbranched alkanes of at least 4 members (excludes halogenated alkanes) is 19. The molecule has 68 heavy (non-hydrogen) atoms. The van der Waals surface area contributed by atoms with Gasteiger partial charge in [0, 0.05) is 6.42 Å². The van der Waals surface area contributed by atoms with Crippen molar-refractivity contribution in [3.8, 4) is 0 Å². The minimum Gasteiger partial charge on any atom is -0.387 e. The maximum atomic E-state index is 12.9. The largest absolute Gasteiger partial charge is 0.472 e. The van der Waals surface area contributed by atoms with Crippen LogP contribution in [0.4, 0.5) is 0 Å². The summed E-state index contributed by atoms with van der Waals surface area (Å²) in [5.41, 5.74) is 0. The quantitative estimate of drug-likeness (QED) is 0.0243. The number of hydrogen-bond donors (Lipinski definition) is 3. The van der Waals surface area contributed by atoms with E-state index in [9.17, 15) is 19.4 Å². The second kappa shape index (κ2) is 49.2. The Balaban J connectivity index is 4.45. The minimum atomic E-state index is -4.38. The first-order valence-electron chi connectivity index (χ1n) is 27.3. The molecule has 0 saturated heterocycles. The monoisotopic (exact) mass is 968 g/mol. The lowest BCUT2D eigenvalue weighted by molar-refractivity contribution is -0.870. The lowest BCUT2D eigenvalue weighted by Gasteiger charge is -2.25. The van der Waals surface area contributed by atoms with Gasteiger partial charge in [0.15, 0.2) is 0 Å². The second-order valence-electron chi connectivity index (χ2n) is 19.2. The Bertz CT molecular complexity index is 1470. The number of allylic oxidation sites excluding steroid dienone is 17. The van der Waals surface area contributed by atoms with Gasteiger partial charge in [0.05, 0.1) is 39.9 Å². The molecule has 0 bridgehead atoms. The number of aliphatic hydroxyl groups excluding tert-OH is 1. The highest BCUT2D eigenvalue weighted by atomic mass is 31.2. The molecule has 0 aliphatic heterocycles. The van der Waals surface area contributed by atoms with Crippen LogP contribution in [-0.4, -0.2) is 73.4 Å². The molecular formula is C59H104N2O6P+. The zero-order chi connectivity index (χ0) is 49.9. The van der Waals surface area contributed by atoms with Gasteiger partial charge in [-0.1, -0.05) is 226 Å². The van der Waals surface area contributed by atoms with Gasteiger partial charge in [-0.15, -0.1) is 0 Å². The van der Waals surface area contributed by atoms with Crippen molar-refractivity contribution in [2.45, 2.75) is 219 Å². The summed E-state index contributed by atoms with van der Waals surface area (Å²) >= 11 is 0. The number of carbonyl (C=O) groups is 1. The fourth-order valence-corrected chi connectivity index (χ4v) is 7.96. The molecule has 0 aromatic heterocycles. The van der Waals surface area contributed by atoms with E-state index in [1.807, 2.05) is 27.2 Å². The molecule has 1 amide bonds. The first-order chi connectivity index (χ1) is 33.0. The van der Waals surface area contributed by atoms with Crippen LogP contribution in [0.25, 0.3) is 0 Å². The molecule has 3 unspecified atom stereocenters. The van der Waals surface area contributed by atoms with Gasteiger partial charge in [-0.3, -0.25) is 13.8 Å². The summed E-state index contributed by atoms with van der Waals surface area (Å²) in [5, 5.41) is 13.9. The summed E-state index contributed by atoms with van der Waals surface area (Å²) in [6.45, 7) is 4.63. The highest BCUT2D eigenvalue weighted by Crippen LogP contribution is 2.43. The van der Waals surface area contributed by atoms with Gasteiger partial charge in [0.2, 0.25) is 5.91 Å². The van der Waals surface area contributed by atoms with Crippen molar-refractivity contribution in [1.82, 2.24) is 5.32 Å². The molecule has 0 fully saturated rings. The summed E-state index contributed by atoms with van der Waals surface area (Å²) in [5.74, 6) is -0.248. The van der Waals surface area contributed by atoms with Crippen molar-refractivity contribution in [1.29, 1.82) is 0 Å². The topological polar surface area (TPSA) is 105 Å². The van der Waals surface area contributed by atoms with Crippen LogP contribution in [0.15, 0.2) is 109 Å². The molecule has 0 aromatic carbocycles. The molecule has 0 radical (unpaired) electrons. The van der Waals surface area contributed by atoms with Crippen LogP contribution in [-0.2, 0) is 18.4 Å². The van der Waals surface area contributed by atoms with E-state index in [0.29, 0.717) is 17.4 Å². The standard InChI is InChI=1S/C59H103N2O6P/c1-6-8-10-12-14-16-18-20-22-24-26-28-30-32-34-36-38-40-42-44-46-48-50-52-58(62)57(56-67-68(64,65)66-55-54-61(3,4)5)60-59(63)53-51-49-47-45-43-41-39-37-35-33-31-29-27-25-23-21-19-17-15-13-11-9-7-2/h9,11,15,17,21,23,27,29,33,35,39,41-42,44-45,47,50,52,57-58,62H,6-8,10,12-14,16,18-20,22,24-26,28,30-32,34,36-38,40,43,46,48-49,51,53-56H2,1-5H3,(H-,60,63,64,65)/p+1/b11-9-,17-15-,23-21-,29-27-,35-33-,41-39-,44-42+,47-45-,52-50+. The average molecular weight is 968 g/mol. The average Bonchev–Trinajstić information content (AvgIpc) is 3.30. The highest BCUT2D eigenvalue weighted by Gasteiger charge is 2.27.